The molecule has 1 amide bonds. The van der Waals surface area contributed by atoms with Crippen molar-refractivity contribution in [2.24, 2.45) is 10.7 Å². The third-order valence-electron chi connectivity index (χ3n) is 4.39. The van der Waals surface area contributed by atoms with Gasteiger partial charge in [-0.15, -0.1) is 0 Å². The van der Waals surface area contributed by atoms with Crippen molar-refractivity contribution in [3.8, 4) is 5.69 Å². The van der Waals surface area contributed by atoms with Crippen LogP contribution in [0.15, 0.2) is 59.9 Å². The summed E-state index contributed by atoms with van der Waals surface area (Å²) in [7, 11) is 0. The predicted molar refractivity (Wildman–Crippen MR) is 92.9 cm³/mol. The Morgan fingerprint density at radius 2 is 1.70 bits per heavy atom. The maximum Gasteiger partial charge on any atom is 0.417 e. The Labute approximate surface area is 152 Å². The van der Waals surface area contributed by atoms with Gasteiger partial charge in [-0.3, -0.25) is 14.4 Å². The van der Waals surface area contributed by atoms with E-state index in [2.05, 4.69) is 9.98 Å². The molecule has 1 aliphatic heterocycles. The minimum absolute atomic E-state index is 0.0169. The number of primary amides is 1. The second-order valence-electron chi connectivity index (χ2n) is 6.00. The van der Waals surface area contributed by atoms with E-state index in [0.717, 1.165) is 6.07 Å². The Hall–Kier alpha value is -3.42. The van der Waals surface area contributed by atoms with Crippen LogP contribution in [0.1, 0.15) is 32.9 Å². The highest BCUT2D eigenvalue weighted by molar-refractivity contribution is 6.16. The van der Waals surface area contributed by atoms with E-state index in [1.165, 1.54) is 24.5 Å². The number of carbonyl (C=O) groups is 1. The highest BCUT2D eigenvalue weighted by Gasteiger charge is 2.35. The molecule has 1 aromatic heterocycles. The largest absolute Gasteiger partial charge is 0.417 e. The van der Waals surface area contributed by atoms with E-state index in [1.807, 2.05) is 0 Å². The van der Waals surface area contributed by atoms with Gasteiger partial charge in [0.25, 0.3) is 5.91 Å². The molecule has 0 saturated heterocycles. The molecule has 0 radical (unpaired) electrons. The van der Waals surface area contributed by atoms with Gasteiger partial charge in [0.2, 0.25) is 0 Å². The first-order valence-electron chi connectivity index (χ1n) is 8.05. The number of halogens is 3. The molecule has 2 aromatic carbocycles. The number of aromatic nitrogens is 2. The number of nitrogens with two attached hydrogens (primary N) is 1. The van der Waals surface area contributed by atoms with Crippen molar-refractivity contribution < 1.29 is 18.0 Å². The zero-order chi connectivity index (χ0) is 19.2. The Morgan fingerprint density at radius 1 is 1.04 bits per heavy atom. The second-order valence-corrected chi connectivity index (χ2v) is 6.00. The first-order chi connectivity index (χ1) is 12.9. The van der Waals surface area contributed by atoms with Gasteiger partial charge in [-0.2, -0.15) is 13.2 Å². The predicted octanol–water partition coefficient (Wildman–Crippen LogP) is 3.34. The van der Waals surface area contributed by atoms with Crippen LogP contribution in [0.5, 0.6) is 0 Å². The average Bonchev–Trinajstić information content (AvgIpc) is 2.99. The maximum absolute atomic E-state index is 13.5. The van der Waals surface area contributed by atoms with Gasteiger partial charge in [0.1, 0.15) is 6.33 Å². The van der Waals surface area contributed by atoms with Gasteiger partial charge in [0.15, 0.2) is 5.69 Å². The summed E-state index contributed by atoms with van der Waals surface area (Å²) in [6.45, 7) is -0.0194. The van der Waals surface area contributed by atoms with Crippen molar-refractivity contribution in [3.05, 3.63) is 82.9 Å². The number of nitrogens with zero attached hydrogens (tertiary/aromatic N) is 3. The summed E-state index contributed by atoms with van der Waals surface area (Å²) < 4.78 is 42.2. The number of alkyl halides is 3. The molecular weight excluding hydrogens is 357 g/mol. The smallest absolute Gasteiger partial charge is 0.364 e. The summed E-state index contributed by atoms with van der Waals surface area (Å²) in [6, 6.07) is 12.2. The Bertz CT molecular complexity index is 1080. The molecule has 8 heteroatoms. The van der Waals surface area contributed by atoms with Gasteiger partial charge in [-0.1, -0.05) is 36.4 Å². The van der Waals surface area contributed by atoms with Crippen molar-refractivity contribution in [2.45, 2.75) is 12.7 Å². The molecule has 0 atom stereocenters. The summed E-state index contributed by atoms with van der Waals surface area (Å²) in [5.74, 6) is -0.712. The number of hydrogen-bond donors (Lipinski definition) is 1. The molecule has 2 heterocycles. The highest BCUT2D eigenvalue weighted by atomic mass is 19.4. The van der Waals surface area contributed by atoms with Crippen LogP contribution in [0, 0.1) is 0 Å². The first-order valence-corrected chi connectivity index (χ1v) is 8.05. The maximum atomic E-state index is 13.5. The van der Waals surface area contributed by atoms with Gasteiger partial charge in [0.05, 0.1) is 29.2 Å². The van der Waals surface area contributed by atoms with Crippen LogP contribution in [-0.4, -0.2) is 21.2 Å². The van der Waals surface area contributed by atoms with E-state index in [4.69, 9.17) is 5.73 Å². The number of amides is 1. The van der Waals surface area contributed by atoms with Crippen LogP contribution >= 0.6 is 0 Å². The Morgan fingerprint density at radius 3 is 2.41 bits per heavy atom. The van der Waals surface area contributed by atoms with E-state index >= 15 is 0 Å². The molecule has 5 nitrogen and oxygen atoms in total. The van der Waals surface area contributed by atoms with Gasteiger partial charge >= 0.3 is 6.18 Å². The third-order valence-corrected chi connectivity index (χ3v) is 4.39. The quantitative estimate of drug-likeness (QED) is 0.751. The number of fused-ring (bicyclic) bond motifs is 3. The Balaban J connectivity index is 1.98. The second kappa shape index (κ2) is 6.08. The normalized spacial score (nSPS) is 13.4. The third kappa shape index (κ3) is 2.79. The van der Waals surface area contributed by atoms with Crippen LogP contribution in [0.4, 0.5) is 13.2 Å². The van der Waals surface area contributed by atoms with Gasteiger partial charge < -0.3 is 5.73 Å². The van der Waals surface area contributed by atoms with Crippen molar-refractivity contribution in [3.63, 3.8) is 0 Å². The summed E-state index contributed by atoms with van der Waals surface area (Å²) in [4.78, 5) is 20.1. The number of para-hydroxylation sites is 1. The molecule has 0 spiro atoms. The molecule has 0 bridgehead atoms. The fourth-order valence-corrected chi connectivity index (χ4v) is 3.23. The minimum Gasteiger partial charge on any atom is -0.364 e. The molecule has 0 saturated carbocycles. The van der Waals surface area contributed by atoms with Gasteiger partial charge in [-0.05, 0) is 12.1 Å². The number of imidazole rings is 1. The highest BCUT2D eigenvalue weighted by Crippen LogP contribution is 2.35. The topological polar surface area (TPSA) is 73.3 Å². The molecular formula is C19H13F3N4O. The monoisotopic (exact) mass is 370 g/mol. The number of aliphatic imine (C=N–C) groups is 1. The number of rotatable bonds is 2. The van der Waals surface area contributed by atoms with E-state index in [9.17, 15) is 18.0 Å². The molecule has 0 aliphatic carbocycles. The van der Waals surface area contributed by atoms with Crippen LogP contribution < -0.4 is 5.73 Å². The van der Waals surface area contributed by atoms with Crippen LogP contribution in [0.2, 0.25) is 0 Å². The average molecular weight is 370 g/mol. The fourth-order valence-electron chi connectivity index (χ4n) is 3.23. The summed E-state index contributed by atoms with van der Waals surface area (Å²) in [5, 5.41) is 0. The van der Waals surface area contributed by atoms with Gasteiger partial charge in [-0.25, -0.2) is 4.98 Å². The molecule has 27 heavy (non-hydrogen) atoms. The molecule has 4 rings (SSSR count). The molecule has 1 aliphatic rings. The summed E-state index contributed by atoms with van der Waals surface area (Å²) in [6.07, 6.45) is -3.09. The molecule has 3 aromatic rings. The molecule has 0 fully saturated rings. The lowest BCUT2D eigenvalue weighted by atomic mass is 9.96. The lowest BCUT2D eigenvalue weighted by Gasteiger charge is -2.16. The van der Waals surface area contributed by atoms with Gasteiger partial charge in [0, 0.05) is 11.1 Å². The van der Waals surface area contributed by atoms with Crippen LogP contribution in [-0.2, 0) is 12.7 Å². The Kier molecular flexibility index (Phi) is 3.83. The molecule has 0 unspecified atom stereocenters. The van der Waals surface area contributed by atoms with Crippen LogP contribution in [0.25, 0.3) is 5.69 Å². The van der Waals surface area contributed by atoms with Crippen LogP contribution in [0.3, 0.4) is 0 Å². The number of hydrogen-bond acceptors (Lipinski definition) is 3. The lowest BCUT2D eigenvalue weighted by molar-refractivity contribution is -0.137. The number of carbonyl (C=O) groups excluding carboxylic acids is 1. The van der Waals surface area contributed by atoms with E-state index in [1.54, 1.807) is 28.8 Å². The zero-order valence-electron chi connectivity index (χ0n) is 13.9. The lowest BCUT2D eigenvalue weighted by Crippen LogP contribution is -2.15. The van der Waals surface area contributed by atoms with E-state index in [0.29, 0.717) is 16.9 Å². The van der Waals surface area contributed by atoms with E-state index < -0.39 is 17.6 Å². The zero-order valence-corrected chi connectivity index (χ0v) is 13.9. The molecule has 2 N–H and O–H groups in total. The van der Waals surface area contributed by atoms with Crippen molar-refractivity contribution >= 4 is 11.6 Å². The van der Waals surface area contributed by atoms with E-state index in [-0.39, 0.29) is 23.5 Å². The number of benzene rings is 2. The molecule has 136 valence electrons. The SMILES string of the molecule is NC(=O)c1ncn2c1CN=C(c1ccccc1C(F)(F)F)c1ccccc1-2. The summed E-state index contributed by atoms with van der Waals surface area (Å²) in [5.41, 5.74) is 6.39. The fraction of sp³-hybridized carbons (Fsp3) is 0.105. The van der Waals surface area contributed by atoms with Crippen molar-refractivity contribution in [1.29, 1.82) is 0 Å². The first kappa shape index (κ1) is 17.0. The summed E-state index contributed by atoms with van der Waals surface area (Å²) >= 11 is 0. The van der Waals surface area contributed by atoms with Crippen molar-refractivity contribution in [2.75, 3.05) is 0 Å². The standard InChI is InChI=1S/C19H13F3N4O/c20-19(21,22)13-7-3-1-5-11(13)16-12-6-2-4-8-14(12)26-10-25-17(18(23)27)15(26)9-24-16/h1-8,10H,9H2,(H2,23,27). The minimum atomic E-state index is -4.52. The van der Waals surface area contributed by atoms with Crippen molar-refractivity contribution in [1.82, 2.24) is 9.55 Å².